The fraction of sp³-hybridized carbons (Fsp3) is 0.226. The van der Waals surface area contributed by atoms with Crippen LogP contribution in [-0.2, 0) is 25.7 Å². The first kappa shape index (κ1) is 33.3. The second-order valence-electron chi connectivity index (χ2n) is 9.24. The number of nitrogens with two attached hydrogens (primary N) is 1. The molecule has 6 nitrogen and oxygen atoms in total. The van der Waals surface area contributed by atoms with Gasteiger partial charge in [-0.25, -0.2) is 9.97 Å². The van der Waals surface area contributed by atoms with Crippen LogP contribution in [0.2, 0.25) is 25.5 Å². The number of halogens is 5. The maximum Gasteiger partial charge on any atom is 0.151 e. The van der Waals surface area contributed by atoms with E-state index in [4.69, 9.17) is 74.3 Å². The molecule has 0 aliphatic heterocycles. The highest BCUT2D eigenvalue weighted by molar-refractivity contribution is 6.42. The zero-order valence-electron chi connectivity index (χ0n) is 21.6. The van der Waals surface area contributed by atoms with Crippen LogP contribution < -0.4 is 11.1 Å². The van der Waals surface area contributed by atoms with Gasteiger partial charge < -0.3 is 11.1 Å². The van der Waals surface area contributed by atoms with Crippen molar-refractivity contribution in [1.82, 2.24) is 9.97 Å². The molecule has 0 bridgehead atoms. The summed E-state index contributed by atoms with van der Waals surface area (Å²) in [4.78, 5) is 7.78. The molecule has 4 aromatic rings. The molecule has 0 spiro atoms. The van der Waals surface area contributed by atoms with E-state index in [0.717, 1.165) is 24.2 Å². The quantitative estimate of drug-likeness (QED) is 0.164. The van der Waals surface area contributed by atoms with Crippen molar-refractivity contribution < 1.29 is 0 Å². The van der Waals surface area contributed by atoms with Crippen molar-refractivity contribution in [3.05, 3.63) is 107 Å². The van der Waals surface area contributed by atoms with Gasteiger partial charge in [0.2, 0.25) is 0 Å². The van der Waals surface area contributed by atoms with Crippen molar-refractivity contribution in [3.8, 4) is 12.1 Å². The predicted octanol–water partition coefficient (Wildman–Crippen LogP) is 9.80. The summed E-state index contributed by atoms with van der Waals surface area (Å²) in [5, 5.41) is 21.5. The van der Waals surface area contributed by atoms with Gasteiger partial charge in [-0.1, -0.05) is 89.7 Å². The third-order valence-corrected chi connectivity index (χ3v) is 8.18. The lowest BCUT2D eigenvalue weighted by Gasteiger charge is -2.12. The summed E-state index contributed by atoms with van der Waals surface area (Å²) in [6.07, 6.45) is 7.02. The summed E-state index contributed by atoms with van der Waals surface area (Å²) in [5.74, 6) is 0.482. The van der Waals surface area contributed by atoms with E-state index in [1.54, 1.807) is 0 Å². The van der Waals surface area contributed by atoms with Crippen LogP contribution in [0, 0.1) is 22.7 Å². The van der Waals surface area contributed by atoms with Crippen molar-refractivity contribution in [3.63, 3.8) is 0 Å². The average Bonchev–Trinajstić information content (AvgIpc) is 3.64. The molecule has 2 aliphatic carbocycles. The molecule has 2 aromatic carbocycles. The van der Waals surface area contributed by atoms with Crippen LogP contribution >= 0.6 is 58.0 Å². The molecule has 2 aliphatic rings. The first-order chi connectivity index (χ1) is 19.7. The number of rotatable bonds is 2. The molecule has 0 atom stereocenters. The number of fused-ring (bicyclic) bond motifs is 2. The first-order valence-corrected chi connectivity index (χ1v) is 14.5. The molecule has 11 heteroatoms. The van der Waals surface area contributed by atoms with Crippen molar-refractivity contribution in [2.24, 2.45) is 0 Å². The van der Waals surface area contributed by atoms with Crippen LogP contribution in [0.1, 0.15) is 53.6 Å². The van der Waals surface area contributed by atoms with Gasteiger partial charge in [-0.15, -0.1) is 0 Å². The van der Waals surface area contributed by atoms with E-state index in [9.17, 15) is 0 Å². The molecule has 0 saturated carbocycles. The molecule has 2 aromatic heterocycles. The largest absolute Gasteiger partial charge is 0.398 e. The molecule has 42 heavy (non-hydrogen) atoms. The molecule has 3 N–H and O–H groups in total. The number of anilines is 3. The van der Waals surface area contributed by atoms with Gasteiger partial charge in [0.15, 0.2) is 5.82 Å². The molecule has 0 radical (unpaired) electrons. The Hall–Kier alpha value is -3.23. The minimum Gasteiger partial charge on any atom is -0.398 e. The molecule has 0 amide bonds. The van der Waals surface area contributed by atoms with Crippen molar-refractivity contribution in [2.45, 2.75) is 46.0 Å². The third kappa shape index (κ3) is 7.98. The Morgan fingerprint density at radius 2 is 1.24 bits per heavy atom. The average molecular weight is 661 g/mol. The van der Waals surface area contributed by atoms with Crippen molar-refractivity contribution in [1.29, 1.82) is 10.5 Å². The van der Waals surface area contributed by atoms with E-state index >= 15 is 0 Å². The highest BCUT2D eigenvalue weighted by Crippen LogP contribution is 2.33. The van der Waals surface area contributed by atoms with Crippen molar-refractivity contribution in [2.75, 3.05) is 11.1 Å². The SMILES string of the molecule is C.N#Cc1cc(Cl)c(Cl)nc1Cl.N#Cc1cc(Cl)c(Nc2cccc3c2CCC3)nc1Cl.Nc1cccc2c1CCC2. The third-order valence-electron chi connectivity index (χ3n) is 6.64. The second kappa shape index (κ2) is 15.3. The van der Waals surface area contributed by atoms with Gasteiger partial charge in [-0.3, -0.25) is 0 Å². The number of hydrogen-bond donors (Lipinski definition) is 2. The lowest BCUT2D eigenvalue weighted by Crippen LogP contribution is -1.99. The molecule has 216 valence electrons. The smallest absolute Gasteiger partial charge is 0.151 e. The van der Waals surface area contributed by atoms with Crippen LogP contribution in [0.25, 0.3) is 0 Å². The Morgan fingerprint density at radius 3 is 1.86 bits per heavy atom. The fourth-order valence-corrected chi connectivity index (χ4v) is 5.57. The monoisotopic (exact) mass is 658 g/mol. The van der Waals surface area contributed by atoms with Crippen LogP contribution in [0.3, 0.4) is 0 Å². The van der Waals surface area contributed by atoms with Gasteiger partial charge in [0, 0.05) is 11.4 Å². The number of pyridine rings is 2. The van der Waals surface area contributed by atoms with Gasteiger partial charge >= 0.3 is 0 Å². The summed E-state index contributed by atoms with van der Waals surface area (Å²) in [6.45, 7) is 0. The number of nitrogens with zero attached hydrogens (tertiary/aromatic N) is 4. The topological polar surface area (TPSA) is 111 Å². The minimum absolute atomic E-state index is 0. The standard InChI is InChI=1S/C15H11Cl2N3.C9H11N.C6HCl3N2.CH4/c16-12-7-10(8-18)14(17)20-15(12)19-13-6-2-4-9-3-1-5-11(9)13;10-9-6-2-4-7-3-1-5-8(7)9;7-4-1-3(2-10)5(8)11-6(4)9;/h2,4,6-7H,1,3,5H2,(H,19,20);2,4,6H,1,3,5,10H2;1H;1H4. The lowest BCUT2D eigenvalue weighted by molar-refractivity contribution is 0.912. The van der Waals surface area contributed by atoms with Gasteiger partial charge in [-0.2, -0.15) is 10.5 Å². The number of aryl methyl sites for hydroxylation is 2. The highest BCUT2D eigenvalue weighted by Gasteiger charge is 2.16. The molecule has 0 saturated heterocycles. The maximum atomic E-state index is 8.90. The Kier molecular flexibility index (Phi) is 12.1. The van der Waals surface area contributed by atoms with Gasteiger partial charge in [-0.05, 0) is 85.0 Å². The summed E-state index contributed by atoms with van der Waals surface area (Å²) in [7, 11) is 0. The molecular weight excluding hydrogens is 634 g/mol. The van der Waals surface area contributed by atoms with Gasteiger partial charge in [0.05, 0.1) is 21.2 Å². The van der Waals surface area contributed by atoms with Gasteiger partial charge in [0.25, 0.3) is 0 Å². The summed E-state index contributed by atoms with van der Waals surface area (Å²) in [6, 6.07) is 19.1. The van der Waals surface area contributed by atoms with E-state index < -0.39 is 0 Å². The van der Waals surface area contributed by atoms with Crippen LogP contribution in [0.4, 0.5) is 17.2 Å². The fourth-order valence-electron chi connectivity index (χ4n) is 4.67. The number of aromatic nitrogens is 2. The van der Waals surface area contributed by atoms with Crippen molar-refractivity contribution >= 4 is 75.2 Å². The number of nitrogen functional groups attached to an aromatic ring is 1. The first-order valence-electron chi connectivity index (χ1n) is 12.6. The normalized spacial score (nSPS) is 12.2. The number of nitrogens with one attached hydrogen (secondary N) is 1. The van der Waals surface area contributed by atoms with E-state index in [-0.39, 0.29) is 39.0 Å². The molecule has 0 unspecified atom stereocenters. The van der Waals surface area contributed by atoms with E-state index in [1.165, 1.54) is 60.1 Å². The maximum absolute atomic E-state index is 8.90. The highest BCUT2D eigenvalue weighted by atomic mass is 35.5. The molecule has 6 rings (SSSR count). The van der Waals surface area contributed by atoms with Crippen LogP contribution in [0.5, 0.6) is 0 Å². The number of hydrogen-bond acceptors (Lipinski definition) is 6. The van der Waals surface area contributed by atoms with Crippen LogP contribution in [-0.4, -0.2) is 9.97 Å². The Morgan fingerprint density at radius 1 is 0.690 bits per heavy atom. The summed E-state index contributed by atoms with van der Waals surface area (Å²) >= 11 is 28.7. The Labute approximate surface area is 271 Å². The Balaban J connectivity index is 0.000000187. The zero-order valence-corrected chi connectivity index (χ0v) is 25.4. The minimum atomic E-state index is 0. The summed E-state index contributed by atoms with van der Waals surface area (Å²) < 4.78 is 0. The molecule has 0 fully saturated rings. The second-order valence-corrected chi connectivity index (χ2v) is 11.1. The number of nitriles is 2. The van der Waals surface area contributed by atoms with E-state index in [0.29, 0.717) is 10.8 Å². The predicted molar refractivity (Wildman–Crippen MR) is 174 cm³/mol. The zero-order chi connectivity index (χ0) is 29.5. The van der Waals surface area contributed by atoms with E-state index in [2.05, 4.69) is 27.4 Å². The number of benzene rings is 2. The van der Waals surface area contributed by atoms with Crippen LogP contribution in [0.15, 0.2) is 48.5 Å². The summed E-state index contributed by atoms with van der Waals surface area (Å²) in [5.41, 5.74) is 13.8. The molecular formula is C31H27Cl5N6. The molecule has 2 heterocycles. The lowest BCUT2D eigenvalue weighted by atomic mass is 10.1. The Bertz CT molecular complexity index is 1680. The van der Waals surface area contributed by atoms with E-state index in [1.807, 2.05) is 36.4 Å². The van der Waals surface area contributed by atoms with Gasteiger partial charge in [0.1, 0.15) is 27.6 Å².